The van der Waals surface area contributed by atoms with Crippen LogP contribution >= 0.6 is 0 Å². The zero-order valence-corrected chi connectivity index (χ0v) is 7.88. The van der Waals surface area contributed by atoms with E-state index in [0.717, 1.165) is 12.7 Å². The third-order valence-electron chi connectivity index (χ3n) is 2.22. The number of carbonyl (C=O) groups is 2. The van der Waals surface area contributed by atoms with Crippen LogP contribution < -0.4 is 4.90 Å². The van der Waals surface area contributed by atoms with Crippen molar-refractivity contribution in [3.8, 4) is 0 Å². The molecule has 0 aromatic carbocycles. The molecule has 0 spiro atoms. The normalized spacial score (nSPS) is 15.7. The molecule has 0 radical (unpaired) electrons. The summed E-state index contributed by atoms with van der Waals surface area (Å²) in [5, 5.41) is 8.72. The van der Waals surface area contributed by atoms with Gasteiger partial charge in [0.15, 0.2) is 5.69 Å². The van der Waals surface area contributed by atoms with E-state index in [9.17, 15) is 9.59 Å². The van der Waals surface area contributed by atoms with Crippen molar-refractivity contribution in [1.29, 1.82) is 0 Å². The van der Waals surface area contributed by atoms with E-state index in [1.165, 1.54) is 11.0 Å². The third kappa shape index (κ3) is 1.78. The van der Waals surface area contributed by atoms with Crippen molar-refractivity contribution in [1.82, 2.24) is 9.97 Å². The molecule has 1 amide bonds. The number of carboxylic acids is 1. The predicted molar refractivity (Wildman–Crippen MR) is 50.6 cm³/mol. The fraction of sp³-hybridized carbons (Fsp3) is 0.333. The Labute approximate surface area is 85.6 Å². The second kappa shape index (κ2) is 3.64. The molecule has 2 rings (SSSR count). The lowest BCUT2D eigenvalue weighted by Crippen LogP contribution is -2.25. The van der Waals surface area contributed by atoms with E-state index in [1.54, 1.807) is 0 Å². The van der Waals surface area contributed by atoms with Crippen LogP contribution in [0.2, 0.25) is 0 Å². The topological polar surface area (TPSA) is 83.4 Å². The molecule has 0 bridgehead atoms. The first kappa shape index (κ1) is 9.57. The van der Waals surface area contributed by atoms with Gasteiger partial charge < -0.3 is 5.11 Å². The first-order valence-corrected chi connectivity index (χ1v) is 4.54. The highest BCUT2D eigenvalue weighted by molar-refractivity contribution is 5.95. The number of nitrogens with zero attached hydrogens (tertiary/aromatic N) is 3. The fourth-order valence-corrected chi connectivity index (χ4v) is 1.50. The molecule has 0 aliphatic carbocycles. The van der Waals surface area contributed by atoms with Crippen LogP contribution in [0.4, 0.5) is 5.82 Å². The first-order valence-electron chi connectivity index (χ1n) is 4.54. The van der Waals surface area contributed by atoms with Gasteiger partial charge in [0.1, 0.15) is 12.1 Å². The van der Waals surface area contributed by atoms with Crippen molar-refractivity contribution >= 4 is 17.7 Å². The second-order valence-electron chi connectivity index (χ2n) is 3.22. The molecule has 1 aromatic rings. The summed E-state index contributed by atoms with van der Waals surface area (Å²) >= 11 is 0. The number of amides is 1. The Morgan fingerprint density at radius 2 is 2.27 bits per heavy atom. The lowest BCUT2D eigenvalue weighted by Gasteiger charge is -2.13. The molecular weight excluding hydrogens is 198 g/mol. The van der Waals surface area contributed by atoms with Crippen molar-refractivity contribution in [3.05, 3.63) is 18.1 Å². The zero-order chi connectivity index (χ0) is 10.8. The van der Waals surface area contributed by atoms with E-state index in [2.05, 4.69) is 9.97 Å². The molecule has 6 nitrogen and oxygen atoms in total. The summed E-state index contributed by atoms with van der Waals surface area (Å²) in [5.74, 6) is -0.778. The van der Waals surface area contributed by atoms with Crippen molar-refractivity contribution in [2.75, 3.05) is 11.4 Å². The minimum absolute atomic E-state index is 0.0231. The Balaban J connectivity index is 2.32. The molecule has 0 saturated carbocycles. The van der Waals surface area contributed by atoms with Gasteiger partial charge in [-0.2, -0.15) is 0 Å². The van der Waals surface area contributed by atoms with Crippen LogP contribution in [-0.4, -0.2) is 33.5 Å². The highest BCUT2D eigenvalue weighted by Gasteiger charge is 2.23. The SMILES string of the molecule is O=C(O)c1cc(N2CCCC2=O)ncn1. The minimum Gasteiger partial charge on any atom is -0.477 e. The average molecular weight is 207 g/mol. The van der Waals surface area contributed by atoms with Crippen LogP contribution in [0, 0.1) is 0 Å². The number of aromatic carboxylic acids is 1. The van der Waals surface area contributed by atoms with Crippen LogP contribution in [0.1, 0.15) is 23.3 Å². The molecule has 78 valence electrons. The molecule has 0 unspecified atom stereocenters. The van der Waals surface area contributed by atoms with E-state index in [0.29, 0.717) is 18.8 Å². The molecule has 1 fully saturated rings. The molecule has 1 aliphatic rings. The Morgan fingerprint density at radius 1 is 1.47 bits per heavy atom. The molecule has 1 N–H and O–H groups in total. The van der Waals surface area contributed by atoms with E-state index in [1.807, 2.05) is 0 Å². The number of carboxylic acid groups (broad SMARTS) is 1. The van der Waals surface area contributed by atoms with Gasteiger partial charge in [-0.3, -0.25) is 9.69 Å². The standard InChI is InChI=1S/C9H9N3O3/c13-8-2-1-3-12(8)7-4-6(9(14)15)10-5-11-7/h4-5H,1-3H2,(H,14,15). The molecule has 15 heavy (non-hydrogen) atoms. The first-order chi connectivity index (χ1) is 7.18. The van der Waals surface area contributed by atoms with E-state index >= 15 is 0 Å². The summed E-state index contributed by atoms with van der Waals surface area (Å²) in [6, 6.07) is 1.31. The fourth-order valence-electron chi connectivity index (χ4n) is 1.50. The Kier molecular flexibility index (Phi) is 2.32. The molecule has 0 atom stereocenters. The van der Waals surface area contributed by atoms with Crippen LogP contribution in [0.25, 0.3) is 0 Å². The van der Waals surface area contributed by atoms with Gasteiger partial charge in [0.05, 0.1) is 0 Å². The van der Waals surface area contributed by atoms with Crippen LogP contribution in [0.5, 0.6) is 0 Å². The summed E-state index contributed by atoms with van der Waals surface area (Å²) < 4.78 is 0. The van der Waals surface area contributed by atoms with E-state index in [-0.39, 0.29) is 11.6 Å². The molecule has 2 heterocycles. The number of anilines is 1. The highest BCUT2D eigenvalue weighted by Crippen LogP contribution is 2.18. The summed E-state index contributed by atoms with van der Waals surface area (Å²) in [7, 11) is 0. The predicted octanol–water partition coefficient (Wildman–Crippen LogP) is 0.302. The summed E-state index contributed by atoms with van der Waals surface area (Å²) in [6.07, 6.45) is 2.43. The summed E-state index contributed by atoms with van der Waals surface area (Å²) in [4.78, 5) is 31.0. The molecule has 1 aromatic heterocycles. The molecular formula is C9H9N3O3. The van der Waals surface area contributed by atoms with E-state index < -0.39 is 5.97 Å². The van der Waals surface area contributed by atoms with Gasteiger partial charge in [-0.25, -0.2) is 14.8 Å². The van der Waals surface area contributed by atoms with Gasteiger partial charge in [-0.05, 0) is 6.42 Å². The second-order valence-corrected chi connectivity index (χ2v) is 3.22. The molecule has 6 heteroatoms. The lowest BCUT2D eigenvalue weighted by molar-refractivity contribution is -0.117. The van der Waals surface area contributed by atoms with Crippen LogP contribution in [0.3, 0.4) is 0 Å². The number of rotatable bonds is 2. The Hall–Kier alpha value is -1.98. The number of aromatic nitrogens is 2. The molecule has 1 saturated heterocycles. The zero-order valence-electron chi connectivity index (χ0n) is 7.88. The van der Waals surface area contributed by atoms with Gasteiger partial charge in [-0.15, -0.1) is 0 Å². The van der Waals surface area contributed by atoms with Gasteiger partial charge in [0.25, 0.3) is 0 Å². The lowest BCUT2D eigenvalue weighted by atomic mass is 10.4. The number of hydrogen-bond donors (Lipinski definition) is 1. The van der Waals surface area contributed by atoms with Gasteiger partial charge in [-0.1, -0.05) is 0 Å². The maximum atomic E-state index is 11.4. The van der Waals surface area contributed by atoms with Crippen LogP contribution in [-0.2, 0) is 4.79 Å². The maximum absolute atomic E-state index is 11.4. The van der Waals surface area contributed by atoms with Crippen molar-refractivity contribution in [2.45, 2.75) is 12.8 Å². The number of hydrogen-bond acceptors (Lipinski definition) is 4. The smallest absolute Gasteiger partial charge is 0.354 e. The summed E-state index contributed by atoms with van der Waals surface area (Å²) in [5.41, 5.74) is -0.0975. The van der Waals surface area contributed by atoms with Gasteiger partial charge >= 0.3 is 5.97 Å². The maximum Gasteiger partial charge on any atom is 0.354 e. The van der Waals surface area contributed by atoms with E-state index in [4.69, 9.17) is 5.11 Å². The summed E-state index contributed by atoms with van der Waals surface area (Å²) in [6.45, 7) is 0.592. The Morgan fingerprint density at radius 3 is 2.87 bits per heavy atom. The largest absolute Gasteiger partial charge is 0.477 e. The highest BCUT2D eigenvalue weighted by atomic mass is 16.4. The average Bonchev–Trinajstić information content (AvgIpc) is 2.64. The van der Waals surface area contributed by atoms with Crippen molar-refractivity contribution < 1.29 is 14.7 Å². The van der Waals surface area contributed by atoms with Crippen molar-refractivity contribution in [2.24, 2.45) is 0 Å². The molecule has 1 aliphatic heterocycles. The van der Waals surface area contributed by atoms with Crippen LogP contribution in [0.15, 0.2) is 12.4 Å². The third-order valence-corrected chi connectivity index (χ3v) is 2.22. The minimum atomic E-state index is -1.12. The number of carbonyl (C=O) groups excluding carboxylic acids is 1. The van der Waals surface area contributed by atoms with Crippen molar-refractivity contribution in [3.63, 3.8) is 0 Å². The monoisotopic (exact) mass is 207 g/mol. The van der Waals surface area contributed by atoms with Gasteiger partial charge in [0.2, 0.25) is 5.91 Å². The quantitative estimate of drug-likeness (QED) is 0.754. The Bertz CT molecular complexity index is 419. The van der Waals surface area contributed by atoms with Gasteiger partial charge in [0, 0.05) is 19.0 Å².